The third-order valence-corrected chi connectivity index (χ3v) is 1.86. The van der Waals surface area contributed by atoms with E-state index in [9.17, 15) is 17.7 Å². The van der Waals surface area contributed by atoms with Crippen molar-refractivity contribution in [1.82, 2.24) is 4.90 Å². The molecule has 8 heteroatoms. The van der Waals surface area contributed by atoms with Crippen molar-refractivity contribution in [3.63, 3.8) is 0 Å². The number of carbonyl (C=O) groups excluding carboxylic acids is 1. The number of hydrogen-bond acceptors (Lipinski definition) is 2. The van der Waals surface area contributed by atoms with E-state index in [1.807, 2.05) is 6.92 Å². The zero-order valence-electron chi connectivity index (χ0n) is 11.8. The molecule has 0 aromatic heterocycles. The van der Waals surface area contributed by atoms with Crippen molar-refractivity contribution in [2.24, 2.45) is 0 Å². The van der Waals surface area contributed by atoms with E-state index >= 15 is 0 Å². The minimum Gasteiger partial charge on any atom is -0.448 e. The van der Waals surface area contributed by atoms with Crippen LogP contribution in [-0.2, 0) is 4.74 Å². The van der Waals surface area contributed by atoms with Crippen LogP contribution in [0.15, 0.2) is 0 Å². The zero-order valence-corrected chi connectivity index (χ0v) is 14.9. The molecule has 0 bridgehead atoms. The van der Waals surface area contributed by atoms with Crippen molar-refractivity contribution in [3.05, 3.63) is 0 Å². The zero-order chi connectivity index (χ0) is 13.7. The van der Waals surface area contributed by atoms with Gasteiger partial charge in [-0.25, -0.2) is 4.79 Å². The minimum atomic E-state index is -5.02. The van der Waals surface area contributed by atoms with Gasteiger partial charge in [0.05, 0.1) is 0 Å². The molecule has 0 rings (SSSR count). The Bertz CT molecular complexity index is 256. The van der Waals surface area contributed by atoms with Crippen molar-refractivity contribution >= 4 is 13.1 Å². The molecule has 0 heterocycles. The number of carbonyl (C=O) groups is 1. The fourth-order valence-corrected chi connectivity index (χ4v) is 1.18. The Labute approximate surface area is 149 Å². The normalized spacial score (nSPS) is 11.7. The van der Waals surface area contributed by atoms with Crippen LogP contribution in [0.5, 0.6) is 0 Å². The van der Waals surface area contributed by atoms with E-state index in [2.05, 4.69) is 0 Å². The quantitative estimate of drug-likeness (QED) is 0.687. The molecule has 0 saturated heterocycles. The van der Waals surface area contributed by atoms with Gasteiger partial charge in [-0.2, -0.15) is 0 Å². The summed E-state index contributed by atoms with van der Waals surface area (Å²) in [7, 11) is 0. The summed E-state index contributed by atoms with van der Waals surface area (Å²) >= 11 is 0. The fourth-order valence-electron chi connectivity index (χ4n) is 1.18. The van der Waals surface area contributed by atoms with Gasteiger partial charge in [0.15, 0.2) is 0 Å². The monoisotopic (exact) mass is 293 g/mol. The first-order valence-corrected chi connectivity index (χ1v) is 5.74. The molecule has 0 aromatic carbocycles. The molecule has 0 N–H and O–H groups in total. The van der Waals surface area contributed by atoms with Crippen LogP contribution in [0.1, 0.15) is 40.5 Å². The maximum atomic E-state index is 12.3. The Morgan fingerprint density at radius 1 is 1.28 bits per heavy atom. The summed E-state index contributed by atoms with van der Waals surface area (Å²) < 4.78 is 42.0. The van der Waals surface area contributed by atoms with Crippen LogP contribution in [0, 0.1) is 0 Å². The van der Waals surface area contributed by atoms with Gasteiger partial charge in [0.2, 0.25) is 0 Å². The third kappa shape index (κ3) is 11.8. The second-order valence-corrected chi connectivity index (χ2v) is 4.99. The molecule has 0 atom stereocenters. The maximum absolute atomic E-state index is 12.3. The second kappa shape index (κ2) is 8.84. The molecule has 0 aromatic rings. The number of halogens is 3. The first kappa shape index (κ1) is 21.1. The molecule has 0 aliphatic heterocycles. The van der Waals surface area contributed by atoms with Crippen LogP contribution >= 0.6 is 0 Å². The molecule has 0 saturated carbocycles. The third-order valence-electron chi connectivity index (χ3n) is 1.86. The van der Waals surface area contributed by atoms with E-state index < -0.39 is 25.1 Å². The molecule has 1 amide bonds. The summed E-state index contributed by atoms with van der Waals surface area (Å²) in [5.74, 6) is 0. The predicted octanol–water partition coefficient (Wildman–Crippen LogP) is 0.414. The SMILES string of the molecule is CCCCN(C[B-](F)(F)F)C(=O)OC(C)(C)C.[K+]. The van der Waals surface area contributed by atoms with E-state index in [1.165, 1.54) is 0 Å². The molecule has 0 spiro atoms. The van der Waals surface area contributed by atoms with Crippen LogP contribution in [-0.4, -0.2) is 36.6 Å². The van der Waals surface area contributed by atoms with Crippen LogP contribution in [0.2, 0.25) is 0 Å². The number of ether oxygens (including phenoxy) is 1. The number of amides is 1. The second-order valence-electron chi connectivity index (χ2n) is 4.99. The molecule has 0 unspecified atom stereocenters. The van der Waals surface area contributed by atoms with Crippen molar-refractivity contribution in [2.45, 2.75) is 46.1 Å². The Balaban J connectivity index is 0. The molecule has 3 nitrogen and oxygen atoms in total. The van der Waals surface area contributed by atoms with E-state index in [0.29, 0.717) is 6.42 Å². The number of hydrogen-bond donors (Lipinski definition) is 0. The Morgan fingerprint density at radius 3 is 2.11 bits per heavy atom. The summed E-state index contributed by atoms with van der Waals surface area (Å²) in [6.07, 6.45) is -0.838. The Morgan fingerprint density at radius 2 is 1.78 bits per heavy atom. The molecule has 18 heavy (non-hydrogen) atoms. The average molecular weight is 293 g/mol. The predicted molar refractivity (Wildman–Crippen MR) is 61.8 cm³/mol. The summed E-state index contributed by atoms with van der Waals surface area (Å²) in [6, 6.07) is 0. The Kier molecular flexibility index (Phi) is 10.3. The smallest absolute Gasteiger partial charge is 0.448 e. The number of nitrogens with zero attached hydrogens (tertiary/aromatic N) is 1. The first-order valence-electron chi connectivity index (χ1n) is 5.74. The van der Waals surface area contributed by atoms with Gasteiger partial charge < -0.3 is 22.6 Å². The van der Waals surface area contributed by atoms with E-state index in [0.717, 1.165) is 11.3 Å². The summed E-state index contributed by atoms with van der Waals surface area (Å²) in [5, 5.41) is 0. The summed E-state index contributed by atoms with van der Waals surface area (Å²) in [4.78, 5) is 12.3. The topological polar surface area (TPSA) is 29.5 Å². The Hall–Kier alpha value is 0.761. The molecule has 0 fully saturated rings. The standard InChI is InChI=1S/C10H20BF3NO2.K/c1-5-6-7-15(8-11(12,13)14)9(16)17-10(2,3)4;/h5-8H2,1-4H3;/q-1;+1. The fraction of sp³-hybridized carbons (Fsp3) is 0.900. The van der Waals surface area contributed by atoms with Gasteiger partial charge >= 0.3 is 64.5 Å². The van der Waals surface area contributed by atoms with Crippen LogP contribution in [0.25, 0.3) is 0 Å². The maximum Gasteiger partial charge on any atom is 1.00 e. The minimum absolute atomic E-state index is 0. The average Bonchev–Trinajstić information content (AvgIpc) is 2.07. The van der Waals surface area contributed by atoms with Gasteiger partial charge in [-0.1, -0.05) is 13.3 Å². The van der Waals surface area contributed by atoms with E-state index in [-0.39, 0.29) is 57.9 Å². The van der Waals surface area contributed by atoms with Gasteiger partial charge in [-0.05, 0) is 33.6 Å². The van der Waals surface area contributed by atoms with Gasteiger partial charge in [0, 0.05) is 6.54 Å². The summed E-state index contributed by atoms with van der Waals surface area (Å²) in [6.45, 7) is 1.79. The van der Waals surface area contributed by atoms with E-state index in [4.69, 9.17) is 4.74 Å². The van der Waals surface area contributed by atoms with Crippen molar-refractivity contribution < 1.29 is 73.9 Å². The molecular weight excluding hydrogens is 273 g/mol. The van der Waals surface area contributed by atoms with Crippen molar-refractivity contribution in [2.75, 3.05) is 13.0 Å². The number of unbranched alkanes of at least 4 members (excludes halogenated alkanes) is 1. The van der Waals surface area contributed by atoms with Crippen LogP contribution in [0.3, 0.4) is 0 Å². The molecule has 102 valence electrons. The van der Waals surface area contributed by atoms with Gasteiger partial charge in [0.25, 0.3) is 0 Å². The largest absolute Gasteiger partial charge is 1.00 e. The van der Waals surface area contributed by atoms with Gasteiger partial charge in [0.1, 0.15) is 5.60 Å². The summed E-state index contributed by atoms with van der Waals surface area (Å²) in [5.41, 5.74) is -0.778. The molecule has 0 aliphatic carbocycles. The van der Waals surface area contributed by atoms with Crippen LogP contribution < -0.4 is 51.4 Å². The van der Waals surface area contributed by atoms with Gasteiger partial charge in [-0.3, -0.25) is 0 Å². The number of rotatable bonds is 5. The van der Waals surface area contributed by atoms with Crippen molar-refractivity contribution in [3.8, 4) is 0 Å². The molecule has 0 radical (unpaired) electrons. The van der Waals surface area contributed by atoms with Gasteiger partial charge in [-0.15, -0.1) is 0 Å². The van der Waals surface area contributed by atoms with Crippen LogP contribution in [0.4, 0.5) is 17.7 Å². The first-order chi connectivity index (χ1) is 7.55. The van der Waals surface area contributed by atoms with Crippen molar-refractivity contribution in [1.29, 1.82) is 0 Å². The van der Waals surface area contributed by atoms with E-state index in [1.54, 1.807) is 20.8 Å². The molecular formula is C10H20BF3KNO2. The molecule has 0 aliphatic rings.